The molecule has 3 aromatic heterocycles. The van der Waals surface area contributed by atoms with Gasteiger partial charge < -0.3 is 4.98 Å². The second-order valence-electron chi connectivity index (χ2n) is 3.24. The number of hydrogen-bond donors (Lipinski definition) is 2. The number of ketones is 1. The second kappa shape index (κ2) is 3.27. The van der Waals surface area contributed by atoms with Crippen LogP contribution in [0, 0.1) is 0 Å². The molecule has 0 radical (unpaired) electrons. The first kappa shape index (κ1) is 8.78. The standard InChI is InChI=1S/C10H7N5O/c16-8(10-12-4-5-13-10)7-6-2-1-3-11-9(6)15-14-7/h1-5H,(H,12,13)(H,11,14,15). The monoisotopic (exact) mass is 213 g/mol. The highest BCUT2D eigenvalue weighted by molar-refractivity contribution is 6.12. The number of carbonyl (C=O) groups excluding carboxylic acids is 1. The van der Waals surface area contributed by atoms with Gasteiger partial charge in [0.1, 0.15) is 5.69 Å². The van der Waals surface area contributed by atoms with Crippen molar-refractivity contribution in [3.63, 3.8) is 0 Å². The van der Waals surface area contributed by atoms with Crippen LogP contribution in [0.5, 0.6) is 0 Å². The van der Waals surface area contributed by atoms with Crippen LogP contribution in [0.1, 0.15) is 16.3 Å². The van der Waals surface area contributed by atoms with Crippen LogP contribution >= 0.6 is 0 Å². The molecule has 3 heterocycles. The van der Waals surface area contributed by atoms with Crippen LogP contribution in [0.4, 0.5) is 0 Å². The van der Waals surface area contributed by atoms with Gasteiger partial charge in [-0.05, 0) is 12.1 Å². The maximum absolute atomic E-state index is 12.0. The summed E-state index contributed by atoms with van der Waals surface area (Å²) in [5.41, 5.74) is 0.926. The summed E-state index contributed by atoms with van der Waals surface area (Å²) < 4.78 is 0. The minimum Gasteiger partial charge on any atom is -0.342 e. The molecular weight excluding hydrogens is 206 g/mol. The van der Waals surface area contributed by atoms with Gasteiger partial charge in [-0.15, -0.1) is 0 Å². The topological polar surface area (TPSA) is 87.3 Å². The summed E-state index contributed by atoms with van der Waals surface area (Å²) in [6, 6.07) is 3.55. The molecule has 0 bridgehead atoms. The van der Waals surface area contributed by atoms with E-state index in [0.717, 1.165) is 0 Å². The highest BCUT2D eigenvalue weighted by Crippen LogP contribution is 2.14. The summed E-state index contributed by atoms with van der Waals surface area (Å²) >= 11 is 0. The molecule has 0 atom stereocenters. The zero-order valence-corrected chi connectivity index (χ0v) is 8.14. The zero-order valence-electron chi connectivity index (χ0n) is 8.14. The van der Waals surface area contributed by atoms with Crippen molar-refractivity contribution >= 4 is 16.8 Å². The van der Waals surface area contributed by atoms with E-state index in [1.54, 1.807) is 24.5 Å². The number of pyridine rings is 1. The summed E-state index contributed by atoms with van der Waals surface area (Å²) in [5.74, 6) is 0.0647. The molecule has 0 aromatic carbocycles. The molecule has 0 aliphatic carbocycles. The van der Waals surface area contributed by atoms with Gasteiger partial charge in [0.2, 0.25) is 5.78 Å². The molecule has 0 saturated heterocycles. The van der Waals surface area contributed by atoms with Gasteiger partial charge in [-0.1, -0.05) is 0 Å². The van der Waals surface area contributed by atoms with E-state index in [1.807, 2.05) is 0 Å². The van der Waals surface area contributed by atoms with E-state index in [0.29, 0.717) is 16.7 Å². The minimum absolute atomic E-state index is 0.222. The summed E-state index contributed by atoms with van der Waals surface area (Å²) in [4.78, 5) is 22.7. The molecule has 3 rings (SSSR count). The van der Waals surface area contributed by atoms with E-state index >= 15 is 0 Å². The van der Waals surface area contributed by atoms with Crippen molar-refractivity contribution in [1.82, 2.24) is 25.1 Å². The zero-order chi connectivity index (χ0) is 11.0. The SMILES string of the molecule is O=C(c1ncc[nH]1)c1[nH]nc2ncccc12. The van der Waals surface area contributed by atoms with Gasteiger partial charge in [-0.2, -0.15) is 5.10 Å². The Labute approximate surface area is 89.7 Å². The summed E-state index contributed by atoms with van der Waals surface area (Å²) in [6.07, 6.45) is 4.76. The molecule has 0 saturated carbocycles. The maximum Gasteiger partial charge on any atom is 0.246 e. The molecule has 0 fully saturated rings. The van der Waals surface area contributed by atoms with Gasteiger partial charge in [0, 0.05) is 18.6 Å². The molecule has 0 unspecified atom stereocenters. The van der Waals surface area contributed by atoms with E-state index in [4.69, 9.17) is 0 Å². The number of aromatic amines is 2. The smallest absolute Gasteiger partial charge is 0.246 e. The Morgan fingerprint density at radius 1 is 1.25 bits per heavy atom. The minimum atomic E-state index is -0.222. The van der Waals surface area contributed by atoms with E-state index < -0.39 is 0 Å². The van der Waals surface area contributed by atoms with Crippen molar-refractivity contribution in [3.05, 3.63) is 42.2 Å². The van der Waals surface area contributed by atoms with Crippen LogP contribution in [0.15, 0.2) is 30.7 Å². The number of carbonyl (C=O) groups is 1. The van der Waals surface area contributed by atoms with Crippen molar-refractivity contribution in [2.24, 2.45) is 0 Å². The van der Waals surface area contributed by atoms with Gasteiger partial charge in [0.15, 0.2) is 11.5 Å². The number of rotatable bonds is 2. The molecule has 16 heavy (non-hydrogen) atoms. The van der Waals surface area contributed by atoms with E-state index in [-0.39, 0.29) is 11.6 Å². The van der Waals surface area contributed by atoms with Crippen LogP contribution < -0.4 is 0 Å². The van der Waals surface area contributed by atoms with Crippen LogP contribution in [-0.2, 0) is 0 Å². The molecule has 6 heteroatoms. The predicted molar refractivity (Wildman–Crippen MR) is 55.9 cm³/mol. The molecular formula is C10H7N5O. The average Bonchev–Trinajstić information content (AvgIpc) is 2.98. The molecule has 0 spiro atoms. The maximum atomic E-state index is 12.0. The number of imidazole rings is 1. The molecule has 3 aromatic rings. The second-order valence-corrected chi connectivity index (χ2v) is 3.24. The molecule has 0 aliphatic heterocycles. The van der Waals surface area contributed by atoms with E-state index in [1.165, 1.54) is 6.20 Å². The van der Waals surface area contributed by atoms with Gasteiger partial charge in [0.25, 0.3) is 0 Å². The van der Waals surface area contributed by atoms with E-state index in [2.05, 4.69) is 25.1 Å². The van der Waals surface area contributed by atoms with Crippen LogP contribution in [0.2, 0.25) is 0 Å². The largest absolute Gasteiger partial charge is 0.342 e. The first-order valence-corrected chi connectivity index (χ1v) is 4.69. The lowest BCUT2D eigenvalue weighted by molar-refractivity contribution is 0.102. The van der Waals surface area contributed by atoms with Gasteiger partial charge >= 0.3 is 0 Å². The fourth-order valence-corrected chi connectivity index (χ4v) is 1.53. The summed E-state index contributed by atoms with van der Waals surface area (Å²) in [5, 5.41) is 7.33. The third-order valence-electron chi connectivity index (χ3n) is 2.27. The number of fused-ring (bicyclic) bond motifs is 1. The van der Waals surface area contributed by atoms with Crippen LogP contribution in [-0.4, -0.2) is 30.9 Å². The predicted octanol–water partition coefficient (Wildman–Crippen LogP) is 0.912. The highest BCUT2D eigenvalue weighted by Gasteiger charge is 2.17. The first-order valence-electron chi connectivity index (χ1n) is 4.69. The number of aromatic nitrogens is 5. The van der Waals surface area contributed by atoms with E-state index in [9.17, 15) is 4.79 Å². The fraction of sp³-hybridized carbons (Fsp3) is 0. The summed E-state index contributed by atoms with van der Waals surface area (Å²) in [6.45, 7) is 0. The number of hydrogen-bond acceptors (Lipinski definition) is 4. The third kappa shape index (κ3) is 1.20. The van der Waals surface area contributed by atoms with Crippen molar-refractivity contribution in [1.29, 1.82) is 0 Å². The molecule has 78 valence electrons. The first-order chi connectivity index (χ1) is 7.86. The average molecular weight is 213 g/mol. The number of nitrogens with one attached hydrogen (secondary N) is 2. The Morgan fingerprint density at radius 2 is 2.19 bits per heavy atom. The summed E-state index contributed by atoms with van der Waals surface area (Å²) in [7, 11) is 0. The molecule has 6 nitrogen and oxygen atoms in total. The third-order valence-corrected chi connectivity index (χ3v) is 2.27. The Balaban J connectivity index is 2.16. The lowest BCUT2D eigenvalue weighted by Crippen LogP contribution is -2.04. The van der Waals surface area contributed by atoms with Gasteiger partial charge in [-0.25, -0.2) is 9.97 Å². The lowest BCUT2D eigenvalue weighted by Gasteiger charge is -1.93. The normalized spacial score (nSPS) is 10.8. The lowest BCUT2D eigenvalue weighted by atomic mass is 10.2. The van der Waals surface area contributed by atoms with Crippen molar-refractivity contribution in [2.45, 2.75) is 0 Å². The molecule has 2 N–H and O–H groups in total. The van der Waals surface area contributed by atoms with Crippen LogP contribution in [0.25, 0.3) is 11.0 Å². The Morgan fingerprint density at radius 3 is 3.00 bits per heavy atom. The van der Waals surface area contributed by atoms with Crippen LogP contribution in [0.3, 0.4) is 0 Å². The number of nitrogens with zero attached hydrogens (tertiary/aromatic N) is 3. The quantitative estimate of drug-likeness (QED) is 0.619. The van der Waals surface area contributed by atoms with Gasteiger partial charge in [0.05, 0.1) is 5.39 Å². The van der Waals surface area contributed by atoms with Crippen molar-refractivity contribution < 1.29 is 4.79 Å². The number of H-pyrrole nitrogens is 2. The molecule has 0 aliphatic rings. The highest BCUT2D eigenvalue weighted by atomic mass is 16.1. The van der Waals surface area contributed by atoms with Crippen molar-refractivity contribution in [3.8, 4) is 0 Å². The Hall–Kier alpha value is -2.50. The Bertz CT molecular complexity index is 640. The molecule has 0 amide bonds. The van der Waals surface area contributed by atoms with Gasteiger partial charge in [-0.3, -0.25) is 9.89 Å². The Kier molecular flexibility index (Phi) is 1.79. The fourth-order valence-electron chi connectivity index (χ4n) is 1.53. The van der Waals surface area contributed by atoms with Crippen molar-refractivity contribution in [2.75, 3.05) is 0 Å².